The van der Waals surface area contributed by atoms with E-state index in [1.807, 2.05) is 4.90 Å². The Bertz CT molecular complexity index is 277. The number of rotatable bonds is 6. The fraction of sp³-hybridized carbons (Fsp3) is 0.833. The van der Waals surface area contributed by atoms with Gasteiger partial charge in [0.2, 0.25) is 5.91 Å². The fourth-order valence-corrected chi connectivity index (χ4v) is 2.29. The number of aliphatic hydroxyl groups excluding tert-OH is 1. The van der Waals surface area contributed by atoms with Crippen LogP contribution in [0, 0.1) is 0 Å². The van der Waals surface area contributed by atoms with Crippen LogP contribution in [-0.2, 0) is 9.53 Å². The van der Waals surface area contributed by atoms with Crippen LogP contribution in [0.2, 0.25) is 0 Å². The van der Waals surface area contributed by atoms with Crippen molar-refractivity contribution in [3.63, 3.8) is 0 Å². The average Bonchev–Trinajstić information content (AvgIpc) is 2.81. The molecule has 0 saturated heterocycles. The number of carbonyl (C=O) groups excluding carboxylic acids is 2. The molecule has 1 rings (SSSR count). The molecule has 0 atom stereocenters. The van der Waals surface area contributed by atoms with Gasteiger partial charge in [-0.15, -0.1) is 0 Å². The second kappa shape index (κ2) is 8.05. The lowest BCUT2D eigenvalue weighted by Crippen LogP contribution is -2.45. The van der Waals surface area contributed by atoms with E-state index in [4.69, 9.17) is 5.11 Å². The van der Waals surface area contributed by atoms with Gasteiger partial charge in [0.25, 0.3) is 0 Å². The van der Waals surface area contributed by atoms with Gasteiger partial charge < -0.3 is 9.84 Å². The van der Waals surface area contributed by atoms with Crippen molar-refractivity contribution in [1.82, 2.24) is 10.2 Å². The van der Waals surface area contributed by atoms with Gasteiger partial charge in [-0.05, 0) is 19.8 Å². The highest BCUT2D eigenvalue weighted by Gasteiger charge is 2.24. The summed E-state index contributed by atoms with van der Waals surface area (Å²) in [6, 6.07) is 0.338. The molecule has 0 radical (unpaired) electrons. The summed E-state index contributed by atoms with van der Waals surface area (Å²) in [4.78, 5) is 24.7. The summed E-state index contributed by atoms with van der Waals surface area (Å²) in [5, 5.41) is 11.2. The molecule has 1 fully saturated rings. The molecule has 104 valence electrons. The van der Waals surface area contributed by atoms with Gasteiger partial charge >= 0.3 is 6.09 Å². The smallest absolute Gasteiger partial charge is 0.413 e. The van der Waals surface area contributed by atoms with Gasteiger partial charge in [-0.1, -0.05) is 12.8 Å². The molecule has 0 heterocycles. The number of ether oxygens (including phenoxy) is 1. The third-order valence-corrected chi connectivity index (χ3v) is 3.09. The van der Waals surface area contributed by atoms with Crippen LogP contribution >= 0.6 is 0 Å². The molecule has 2 N–H and O–H groups in total. The molecule has 0 bridgehead atoms. The van der Waals surface area contributed by atoms with Gasteiger partial charge in [0, 0.05) is 12.6 Å². The Kier molecular flexibility index (Phi) is 6.67. The minimum atomic E-state index is -0.710. The monoisotopic (exact) mass is 258 g/mol. The predicted molar refractivity (Wildman–Crippen MR) is 66.1 cm³/mol. The van der Waals surface area contributed by atoms with Crippen molar-refractivity contribution in [3.8, 4) is 0 Å². The summed E-state index contributed by atoms with van der Waals surface area (Å²) in [6.45, 7) is 2.52. The van der Waals surface area contributed by atoms with Crippen LogP contribution in [0.15, 0.2) is 0 Å². The Labute approximate surface area is 107 Å². The van der Waals surface area contributed by atoms with Crippen molar-refractivity contribution in [1.29, 1.82) is 0 Å². The van der Waals surface area contributed by atoms with Crippen molar-refractivity contribution in [2.75, 3.05) is 26.3 Å². The standard InChI is InChI=1S/C12H22N2O4/c1-2-18-12(17)13-11(16)9-14(7-8-15)10-5-3-4-6-10/h10,15H,2-9H2,1H3,(H,13,16,17). The van der Waals surface area contributed by atoms with E-state index in [-0.39, 0.29) is 25.7 Å². The summed E-state index contributed by atoms with van der Waals surface area (Å²) in [6.07, 6.45) is 3.70. The van der Waals surface area contributed by atoms with Gasteiger partial charge in [-0.2, -0.15) is 0 Å². The summed E-state index contributed by atoms with van der Waals surface area (Å²) in [5.41, 5.74) is 0. The van der Waals surface area contributed by atoms with E-state index in [1.54, 1.807) is 6.92 Å². The zero-order chi connectivity index (χ0) is 13.4. The van der Waals surface area contributed by atoms with Crippen LogP contribution in [0.1, 0.15) is 32.6 Å². The molecular formula is C12H22N2O4. The van der Waals surface area contributed by atoms with E-state index >= 15 is 0 Å². The van der Waals surface area contributed by atoms with Crippen molar-refractivity contribution >= 4 is 12.0 Å². The zero-order valence-corrected chi connectivity index (χ0v) is 10.9. The van der Waals surface area contributed by atoms with E-state index in [0.29, 0.717) is 12.6 Å². The lowest BCUT2D eigenvalue weighted by Gasteiger charge is -2.27. The Balaban J connectivity index is 2.39. The van der Waals surface area contributed by atoms with Crippen LogP contribution in [0.4, 0.5) is 4.79 Å². The van der Waals surface area contributed by atoms with Crippen LogP contribution in [0.25, 0.3) is 0 Å². The molecule has 18 heavy (non-hydrogen) atoms. The Morgan fingerprint density at radius 3 is 2.61 bits per heavy atom. The normalized spacial score (nSPS) is 15.9. The third-order valence-electron chi connectivity index (χ3n) is 3.09. The predicted octanol–water partition coefficient (Wildman–Crippen LogP) is 0.496. The molecule has 1 aliphatic rings. The number of carbonyl (C=O) groups is 2. The number of hydrogen-bond donors (Lipinski definition) is 2. The first-order chi connectivity index (χ1) is 8.67. The first-order valence-electron chi connectivity index (χ1n) is 6.49. The minimum absolute atomic E-state index is 0.0171. The summed E-state index contributed by atoms with van der Waals surface area (Å²) < 4.78 is 4.64. The van der Waals surface area contributed by atoms with Gasteiger partial charge in [0.15, 0.2) is 0 Å². The number of nitrogens with zero attached hydrogens (tertiary/aromatic N) is 1. The zero-order valence-electron chi connectivity index (χ0n) is 10.9. The van der Waals surface area contributed by atoms with Crippen LogP contribution in [0.5, 0.6) is 0 Å². The quantitative estimate of drug-likeness (QED) is 0.725. The highest BCUT2D eigenvalue weighted by Crippen LogP contribution is 2.22. The largest absolute Gasteiger partial charge is 0.450 e. The Hall–Kier alpha value is -1.14. The lowest BCUT2D eigenvalue weighted by atomic mass is 10.2. The number of aliphatic hydroxyl groups is 1. The van der Waals surface area contributed by atoms with Crippen molar-refractivity contribution in [2.24, 2.45) is 0 Å². The average molecular weight is 258 g/mol. The van der Waals surface area contributed by atoms with Crippen molar-refractivity contribution in [3.05, 3.63) is 0 Å². The van der Waals surface area contributed by atoms with Gasteiger partial charge in [-0.25, -0.2) is 4.79 Å². The van der Waals surface area contributed by atoms with E-state index in [0.717, 1.165) is 25.7 Å². The molecule has 6 heteroatoms. The first-order valence-corrected chi connectivity index (χ1v) is 6.49. The van der Waals surface area contributed by atoms with Crippen molar-refractivity contribution in [2.45, 2.75) is 38.6 Å². The van der Waals surface area contributed by atoms with E-state index in [1.165, 1.54) is 0 Å². The van der Waals surface area contributed by atoms with Gasteiger partial charge in [-0.3, -0.25) is 15.0 Å². The number of imide groups is 1. The van der Waals surface area contributed by atoms with E-state index in [2.05, 4.69) is 10.1 Å². The van der Waals surface area contributed by atoms with Crippen LogP contribution < -0.4 is 5.32 Å². The highest BCUT2D eigenvalue weighted by atomic mass is 16.5. The topological polar surface area (TPSA) is 78.9 Å². The molecule has 0 aliphatic heterocycles. The molecule has 1 aliphatic carbocycles. The SMILES string of the molecule is CCOC(=O)NC(=O)CN(CCO)C1CCCC1. The molecule has 0 unspecified atom stereocenters. The number of alkyl carbamates (subject to hydrolysis) is 1. The van der Waals surface area contributed by atoms with E-state index in [9.17, 15) is 9.59 Å². The van der Waals surface area contributed by atoms with Crippen LogP contribution in [0.3, 0.4) is 0 Å². The molecule has 6 nitrogen and oxygen atoms in total. The number of hydrogen-bond acceptors (Lipinski definition) is 5. The molecule has 2 amide bonds. The second-order valence-corrected chi connectivity index (χ2v) is 4.40. The van der Waals surface area contributed by atoms with Gasteiger partial charge in [0.05, 0.1) is 19.8 Å². The maximum Gasteiger partial charge on any atom is 0.413 e. The van der Waals surface area contributed by atoms with Crippen molar-refractivity contribution < 1.29 is 19.4 Å². The molecule has 0 aromatic carbocycles. The molecule has 0 spiro atoms. The molecular weight excluding hydrogens is 236 g/mol. The number of nitrogens with one attached hydrogen (secondary N) is 1. The van der Waals surface area contributed by atoms with Gasteiger partial charge in [0.1, 0.15) is 0 Å². The third kappa shape index (κ3) is 5.01. The molecule has 1 saturated carbocycles. The minimum Gasteiger partial charge on any atom is -0.450 e. The highest BCUT2D eigenvalue weighted by molar-refractivity contribution is 5.92. The van der Waals surface area contributed by atoms with Crippen LogP contribution in [-0.4, -0.2) is 54.4 Å². The second-order valence-electron chi connectivity index (χ2n) is 4.40. The lowest BCUT2D eigenvalue weighted by molar-refractivity contribution is -0.122. The Morgan fingerprint density at radius 1 is 1.39 bits per heavy atom. The number of amides is 2. The fourth-order valence-electron chi connectivity index (χ4n) is 2.29. The summed E-state index contributed by atoms with van der Waals surface area (Å²) in [5.74, 6) is -0.381. The molecule has 0 aromatic rings. The summed E-state index contributed by atoms with van der Waals surface area (Å²) in [7, 11) is 0. The maximum absolute atomic E-state index is 11.6. The Morgan fingerprint density at radius 2 is 2.06 bits per heavy atom. The molecule has 0 aromatic heterocycles. The van der Waals surface area contributed by atoms with E-state index < -0.39 is 6.09 Å². The summed E-state index contributed by atoms with van der Waals surface area (Å²) >= 11 is 0. The maximum atomic E-state index is 11.6. The first kappa shape index (κ1) is 14.9.